The maximum atomic E-state index is 10.9. The second-order valence-electron chi connectivity index (χ2n) is 7.94. The average molecular weight is 292 g/mol. The van der Waals surface area contributed by atoms with Crippen LogP contribution in [0.4, 0.5) is 0 Å². The Morgan fingerprint density at radius 3 is 2.71 bits per heavy atom. The van der Waals surface area contributed by atoms with Gasteiger partial charge >= 0.3 is 0 Å². The summed E-state index contributed by atoms with van der Waals surface area (Å²) in [4.78, 5) is 0. The molecule has 1 N–H and O–H groups in total. The highest BCUT2D eigenvalue weighted by Crippen LogP contribution is 2.47. The van der Waals surface area contributed by atoms with Gasteiger partial charge in [0.05, 0.1) is 17.4 Å². The quantitative estimate of drug-likeness (QED) is 0.911. The van der Waals surface area contributed by atoms with E-state index in [1.807, 2.05) is 17.9 Å². The highest BCUT2D eigenvalue weighted by molar-refractivity contribution is 5.27. The number of aryl methyl sites for hydroxylation is 1. The Morgan fingerprint density at radius 2 is 2.14 bits per heavy atom. The normalized spacial score (nSPS) is 26.6. The van der Waals surface area contributed by atoms with Crippen molar-refractivity contribution >= 4 is 0 Å². The lowest BCUT2D eigenvalue weighted by Gasteiger charge is -2.48. The molecule has 0 amide bonds. The molecule has 2 unspecified atom stereocenters. The summed E-state index contributed by atoms with van der Waals surface area (Å²) in [6, 6.07) is 0. The summed E-state index contributed by atoms with van der Waals surface area (Å²) in [6.07, 6.45) is 7.10. The predicted molar refractivity (Wildman–Crippen MR) is 82.1 cm³/mol. The first kappa shape index (κ1) is 15.0. The van der Waals surface area contributed by atoms with Crippen molar-refractivity contribution in [2.75, 3.05) is 6.61 Å². The zero-order chi connectivity index (χ0) is 15.3. The van der Waals surface area contributed by atoms with Crippen molar-refractivity contribution in [3.63, 3.8) is 0 Å². The fourth-order valence-corrected chi connectivity index (χ4v) is 3.81. The Bertz CT molecular complexity index is 511. The molecule has 1 aliphatic carbocycles. The number of aliphatic hydroxyl groups is 1. The number of ether oxygens (including phenoxy) is 1. The van der Waals surface area contributed by atoms with Gasteiger partial charge in [0.15, 0.2) is 0 Å². The number of aliphatic hydroxyl groups excluding tert-OH is 1. The largest absolute Gasteiger partial charge is 0.388 e. The second-order valence-corrected chi connectivity index (χ2v) is 7.94. The molecule has 4 nitrogen and oxygen atoms in total. The molecule has 1 saturated carbocycles. The Labute approximate surface area is 127 Å². The Kier molecular flexibility index (Phi) is 3.65. The minimum atomic E-state index is -0.422. The molecule has 0 radical (unpaired) electrons. The molecule has 3 rings (SSSR count). The van der Waals surface area contributed by atoms with E-state index in [4.69, 9.17) is 4.74 Å². The van der Waals surface area contributed by atoms with Crippen LogP contribution < -0.4 is 0 Å². The van der Waals surface area contributed by atoms with E-state index in [0.29, 0.717) is 5.92 Å². The summed E-state index contributed by atoms with van der Waals surface area (Å²) in [7, 11) is 1.93. The predicted octanol–water partition coefficient (Wildman–Crippen LogP) is 3.10. The fraction of sp³-hybridized carbons (Fsp3) is 0.824. The number of rotatable bonds is 2. The van der Waals surface area contributed by atoms with E-state index in [0.717, 1.165) is 43.5 Å². The monoisotopic (exact) mass is 292 g/mol. The van der Waals surface area contributed by atoms with E-state index < -0.39 is 6.10 Å². The zero-order valence-electron chi connectivity index (χ0n) is 13.7. The Morgan fingerprint density at radius 1 is 1.43 bits per heavy atom. The molecule has 2 aliphatic rings. The standard InChI is InChI=1S/C17H28N2O2/c1-16(2,3)15-13(11-19(4)18-15)14(20)12-6-9-21-17(10-12)7-5-8-17/h11-12,14,20H,5-10H2,1-4H3. The number of aromatic nitrogens is 2. The minimum Gasteiger partial charge on any atom is -0.388 e. The smallest absolute Gasteiger partial charge is 0.0853 e. The molecule has 2 heterocycles. The molecule has 1 aromatic heterocycles. The van der Waals surface area contributed by atoms with Crippen molar-refractivity contribution in [1.29, 1.82) is 0 Å². The van der Waals surface area contributed by atoms with Crippen LogP contribution in [-0.2, 0) is 17.2 Å². The van der Waals surface area contributed by atoms with E-state index in [1.165, 1.54) is 6.42 Å². The van der Waals surface area contributed by atoms with E-state index in [9.17, 15) is 5.11 Å². The topological polar surface area (TPSA) is 47.3 Å². The lowest BCUT2D eigenvalue weighted by Crippen LogP contribution is -2.46. The SMILES string of the molecule is Cn1cc(C(O)C2CCOC3(CCC3)C2)c(C(C)(C)C)n1. The van der Waals surface area contributed by atoms with Crippen LogP contribution in [0.15, 0.2) is 6.20 Å². The first-order valence-corrected chi connectivity index (χ1v) is 8.17. The van der Waals surface area contributed by atoms with Crippen LogP contribution in [0.5, 0.6) is 0 Å². The maximum Gasteiger partial charge on any atom is 0.0853 e. The van der Waals surface area contributed by atoms with Crippen molar-refractivity contribution in [3.8, 4) is 0 Å². The van der Waals surface area contributed by atoms with Gasteiger partial charge in [-0.15, -0.1) is 0 Å². The van der Waals surface area contributed by atoms with Crippen molar-refractivity contribution < 1.29 is 9.84 Å². The highest BCUT2D eigenvalue weighted by atomic mass is 16.5. The molecule has 2 fully saturated rings. The van der Waals surface area contributed by atoms with Gasteiger partial charge in [-0.3, -0.25) is 4.68 Å². The van der Waals surface area contributed by atoms with Crippen molar-refractivity contribution in [3.05, 3.63) is 17.5 Å². The lowest BCUT2D eigenvalue weighted by atomic mass is 9.70. The van der Waals surface area contributed by atoms with E-state index in [2.05, 4.69) is 25.9 Å². The van der Waals surface area contributed by atoms with Gasteiger partial charge in [-0.1, -0.05) is 20.8 Å². The molecule has 4 heteroatoms. The molecular weight excluding hydrogens is 264 g/mol. The second kappa shape index (κ2) is 5.10. The molecule has 21 heavy (non-hydrogen) atoms. The van der Waals surface area contributed by atoms with Gasteiger partial charge in [-0.2, -0.15) is 5.10 Å². The summed E-state index contributed by atoms with van der Waals surface area (Å²) in [5.74, 6) is 0.296. The van der Waals surface area contributed by atoms with Gasteiger partial charge in [-0.05, 0) is 38.0 Å². The molecular formula is C17H28N2O2. The van der Waals surface area contributed by atoms with Crippen LogP contribution in [0.25, 0.3) is 0 Å². The van der Waals surface area contributed by atoms with Gasteiger partial charge in [0.1, 0.15) is 0 Å². The molecule has 2 atom stereocenters. The molecule has 118 valence electrons. The van der Waals surface area contributed by atoms with E-state index >= 15 is 0 Å². The van der Waals surface area contributed by atoms with Gasteiger partial charge < -0.3 is 9.84 Å². The van der Waals surface area contributed by atoms with Gasteiger partial charge in [0, 0.05) is 30.8 Å². The van der Waals surface area contributed by atoms with Gasteiger partial charge in [-0.25, -0.2) is 0 Å². The molecule has 0 aromatic carbocycles. The fourth-order valence-electron chi connectivity index (χ4n) is 3.81. The Balaban J connectivity index is 1.83. The highest BCUT2D eigenvalue weighted by Gasteiger charge is 2.45. The van der Waals surface area contributed by atoms with E-state index in [1.54, 1.807) is 0 Å². The molecule has 0 bridgehead atoms. The first-order valence-electron chi connectivity index (χ1n) is 8.17. The van der Waals surface area contributed by atoms with Crippen LogP contribution in [0, 0.1) is 5.92 Å². The lowest BCUT2D eigenvalue weighted by molar-refractivity contribution is -0.157. The molecule has 1 saturated heterocycles. The zero-order valence-corrected chi connectivity index (χ0v) is 13.7. The van der Waals surface area contributed by atoms with Crippen LogP contribution in [0.2, 0.25) is 0 Å². The van der Waals surface area contributed by atoms with Crippen molar-refractivity contribution in [2.45, 2.75) is 70.0 Å². The first-order chi connectivity index (χ1) is 9.81. The number of nitrogens with zero attached hydrogens (tertiary/aromatic N) is 2. The average Bonchev–Trinajstić information content (AvgIpc) is 2.78. The van der Waals surface area contributed by atoms with Crippen molar-refractivity contribution in [1.82, 2.24) is 9.78 Å². The minimum absolute atomic E-state index is 0.0447. The molecule has 1 aliphatic heterocycles. The molecule has 1 spiro atoms. The summed E-state index contributed by atoms with van der Waals surface area (Å²) < 4.78 is 7.82. The third-order valence-corrected chi connectivity index (χ3v) is 5.13. The third-order valence-electron chi connectivity index (χ3n) is 5.13. The van der Waals surface area contributed by atoms with Crippen LogP contribution in [0.3, 0.4) is 0 Å². The van der Waals surface area contributed by atoms with Crippen molar-refractivity contribution in [2.24, 2.45) is 13.0 Å². The maximum absolute atomic E-state index is 10.9. The summed E-state index contributed by atoms with van der Waals surface area (Å²) in [6.45, 7) is 7.25. The van der Waals surface area contributed by atoms with Crippen LogP contribution in [-0.4, -0.2) is 27.1 Å². The van der Waals surface area contributed by atoms with Gasteiger partial charge in [0.25, 0.3) is 0 Å². The Hall–Kier alpha value is -0.870. The summed E-state index contributed by atoms with van der Waals surface area (Å²) in [5.41, 5.74) is 2.06. The number of hydrogen-bond acceptors (Lipinski definition) is 3. The van der Waals surface area contributed by atoms with Crippen LogP contribution in [0.1, 0.15) is 70.2 Å². The van der Waals surface area contributed by atoms with Crippen LogP contribution >= 0.6 is 0 Å². The third kappa shape index (κ3) is 2.76. The number of hydrogen-bond donors (Lipinski definition) is 1. The molecule has 1 aromatic rings. The van der Waals surface area contributed by atoms with Gasteiger partial charge in [0.2, 0.25) is 0 Å². The van der Waals surface area contributed by atoms with E-state index in [-0.39, 0.29) is 11.0 Å². The summed E-state index contributed by atoms with van der Waals surface area (Å²) in [5, 5.41) is 15.5. The summed E-state index contributed by atoms with van der Waals surface area (Å²) >= 11 is 0.